The van der Waals surface area contributed by atoms with Crippen LogP contribution in [0.4, 0.5) is 4.79 Å². The van der Waals surface area contributed by atoms with Gasteiger partial charge < -0.3 is 19.1 Å². The molecule has 0 aliphatic heterocycles. The van der Waals surface area contributed by atoms with Crippen LogP contribution in [0.2, 0.25) is 0 Å². The molecule has 0 saturated heterocycles. The van der Waals surface area contributed by atoms with Crippen LogP contribution in [0.5, 0.6) is 0 Å². The average molecular weight is 521 g/mol. The van der Waals surface area contributed by atoms with Crippen molar-refractivity contribution in [2.45, 2.75) is 52.3 Å². The largest absolute Gasteiger partial charge is 0.449 e. The number of carbonyl (C=O) groups is 1. The van der Waals surface area contributed by atoms with Crippen LogP contribution >= 0.6 is 8.53 Å². The van der Waals surface area contributed by atoms with E-state index in [4.69, 9.17) is 13.8 Å². The monoisotopic (exact) mass is 520 g/mol. The molecule has 3 aromatic rings. The van der Waals surface area contributed by atoms with E-state index in [1.54, 1.807) is 0 Å². The first-order valence-corrected chi connectivity index (χ1v) is 14.1. The topological polar surface area (TPSA) is 60.0 Å². The van der Waals surface area contributed by atoms with Crippen molar-refractivity contribution >= 4 is 14.6 Å². The first-order valence-electron chi connectivity index (χ1n) is 12.9. The van der Waals surface area contributed by atoms with E-state index in [1.165, 1.54) is 22.3 Å². The second-order valence-corrected chi connectivity index (χ2v) is 11.1. The first kappa shape index (κ1) is 27.3. The van der Waals surface area contributed by atoms with Gasteiger partial charge in [0.15, 0.2) is 0 Å². The van der Waals surface area contributed by atoms with E-state index in [2.05, 4.69) is 61.9 Å². The highest BCUT2D eigenvalue weighted by Gasteiger charge is 2.29. The molecular weight excluding hydrogens is 483 g/mol. The van der Waals surface area contributed by atoms with Crippen molar-refractivity contribution in [3.63, 3.8) is 0 Å². The molecule has 0 spiro atoms. The number of hydrogen-bond donors (Lipinski definition) is 1. The average Bonchev–Trinajstić information content (AvgIpc) is 3.22. The predicted molar refractivity (Wildman–Crippen MR) is 149 cm³/mol. The minimum atomic E-state index is -1.29. The fraction of sp³-hybridized carbons (Fsp3) is 0.367. The third kappa shape index (κ3) is 6.97. The minimum absolute atomic E-state index is 0.0410. The summed E-state index contributed by atoms with van der Waals surface area (Å²) in [4.78, 5) is 12.5. The number of nitrogens with zero attached hydrogens (tertiary/aromatic N) is 1. The van der Waals surface area contributed by atoms with Gasteiger partial charge in [-0.15, -0.1) is 0 Å². The molecule has 4 rings (SSSR count). The van der Waals surface area contributed by atoms with Crippen molar-refractivity contribution < 1.29 is 18.6 Å². The number of amides is 1. The van der Waals surface area contributed by atoms with Crippen LogP contribution in [-0.2, 0) is 20.4 Å². The van der Waals surface area contributed by atoms with Crippen LogP contribution in [0, 0.1) is 0 Å². The maximum Gasteiger partial charge on any atom is 0.407 e. The molecule has 3 aromatic carbocycles. The normalized spacial score (nSPS) is 13.6. The molecule has 1 amide bonds. The lowest BCUT2D eigenvalue weighted by Gasteiger charge is -2.35. The molecule has 0 radical (unpaired) electrons. The number of carbonyl (C=O) groups excluding carboxylic acids is 1. The number of alkyl carbamates (subject to hydrolysis) is 1. The smallest absolute Gasteiger partial charge is 0.407 e. The molecular formula is C30H37N2O4P. The van der Waals surface area contributed by atoms with Gasteiger partial charge >= 0.3 is 6.09 Å². The molecule has 7 heteroatoms. The summed E-state index contributed by atoms with van der Waals surface area (Å²) in [7, 11) is -1.29. The second kappa shape index (κ2) is 13.2. The molecule has 1 aliphatic carbocycles. The van der Waals surface area contributed by atoms with Crippen molar-refractivity contribution in [3.8, 4) is 11.1 Å². The van der Waals surface area contributed by atoms with E-state index < -0.39 is 14.6 Å². The highest BCUT2D eigenvalue weighted by atomic mass is 31.2. The molecule has 1 atom stereocenters. The Labute approximate surface area is 221 Å². The van der Waals surface area contributed by atoms with Crippen molar-refractivity contribution in [3.05, 3.63) is 95.6 Å². The number of hydrogen-bond acceptors (Lipinski definition) is 5. The summed E-state index contributed by atoms with van der Waals surface area (Å²) in [6.45, 7) is 10.00. The van der Waals surface area contributed by atoms with E-state index in [0.717, 1.165) is 5.56 Å². The molecule has 0 aromatic heterocycles. The Balaban J connectivity index is 1.28. The third-order valence-corrected chi connectivity index (χ3v) is 8.40. The zero-order valence-corrected chi connectivity index (χ0v) is 23.0. The van der Waals surface area contributed by atoms with Gasteiger partial charge in [-0.2, -0.15) is 0 Å². The van der Waals surface area contributed by atoms with E-state index in [9.17, 15) is 4.79 Å². The number of nitrogens with one attached hydrogen (secondary N) is 1. The first-order chi connectivity index (χ1) is 18.0. The number of fused-ring (bicyclic) bond motifs is 3. The van der Waals surface area contributed by atoms with Gasteiger partial charge in [-0.25, -0.2) is 9.46 Å². The molecule has 0 bridgehead atoms. The molecule has 196 valence electrons. The second-order valence-electron chi connectivity index (χ2n) is 9.65. The summed E-state index contributed by atoms with van der Waals surface area (Å²) >= 11 is 0. The maximum absolute atomic E-state index is 12.5. The van der Waals surface area contributed by atoms with Crippen molar-refractivity contribution in [2.75, 3.05) is 19.8 Å². The maximum atomic E-state index is 12.5. The summed E-state index contributed by atoms with van der Waals surface area (Å²) in [5, 5.41) is 2.83. The lowest BCUT2D eigenvalue weighted by atomic mass is 9.98. The van der Waals surface area contributed by atoms with Crippen LogP contribution in [0.1, 0.15) is 50.3 Å². The Hall–Kier alpha value is -2.76. The molecule has 37 heavy (non-hydrogen) atoms. The summed E-state index contributed by atoms with van der Waals surface area (Å²) in [6, 6.07) is 27.2. The lowest BCUT2D eigenvalue weighted by Crippen LogP contribution is -2.34. The van der Waals surface area contributed by atoms with E-state index in [1.807, 2.05) is 54.6 Å². The van der Waals surface area contributed by atoms with Crippen molar-refractivity contribution in [2.24, 2.45) is 0 Å². The van der Waals surface area contributed by atoms with Crippen molar-refractivity contribution in [1.29, 1.82) is 0 Å². The van der Waals surface area contributed by atoms with Crippen LogP contribution in [-0.4, -0.2) is 42.6 Å². The van der Waals surface area contributed by atoms with Crippen LogP contribution < -0.4 is 5.32 Å². The predicted octanol–water partition coefficient (Wildman–Crippen LogP) is 7.10. The molecule has 1 aliphatic rings. The Morgan fingerprint density at radius 1 is 0.838 bits per heavy atom. The number of ether oxygens (including phenoxy) is 1. The summed E-state index contributed by atoms with van der Waals surface area (Å²) < 4.78 is 20.3. The number of benzene rings is 3. The summed E-state index contributed by atoms with van der Waals surface area (Å²) in [5.74, 6) is 0.0410. The number of rotatable bonds is 12. The molecule has 6 nitrogen and oxygen atoms in total. The Kier molecular flexibility index (Phi) is 9.70. The zero-order valence-electron chi connectivity index (χ0n) is 22.1. The quantitative estimate of drug-likeness (QED) is 0.204. The van der Waals surface area contributed by atoms with E-state index in [0.29, 0.717) is 26.4 Å². The molecule has 1 unspecified atom stereocenters. The van der Waals surface area contributed by atoms with Crippen molar-refractivity contribution in [1.82, 2.24) is 9.99 Å². The van der Waals surface area contributed by atoms with E-state index >= 15 is 0 Å². The van der Waals surface area contributed by atoms with E-state index in [-0.39, 0.29) is 18.0 Å². The Bertz CT molecular complexity index is 1100. The highest BCUT2D eigenvalue weighted by Crippen LogP contribution is 2.46. The van der Waals surface area contributed by atoms with Gasteiger partial charge in [-0.3, -0.25) is 0 Å². The standard InChI is InChI=1S/C30H37N2O4P/c1-22(2)32(23(3)4)37(36-20-24-12-6-5-7-13-24)35-19-18-31-30(33)34-21-29-27-16-10-8-14-25(27)26-15-9-11-17-28(26)29/h5-17,22-23,29H,18-21H2,1-4H3,(H,31,33). The van der Waals surface area contributed by atoms with Gasteiger partial charge in [0, 0.05) is 24.5 Å². The van der Waals surface area contributed by atoms with Crippen LogP contribution in [0.3, 0.4) is 0 Å². The summed E-state index contributed by atoms with van der Waals surface area (Å²) in [6.07, 6.45) is -0.440. The van der Waals surface area contributed by atoms with Gasteiger partial charge in [-0.05, 0) is 55.5 Å². The Morgan fingerprint density at radius 3 is 2.00 bits per heavy atom. The zero-order chi connectivity index (χ0) is 26.2. The van der Waals surface area contributed by atoms with Crippen LogP contribution in [0.15, 0.2) is 78.9 Å². The fourth-order valence-electron chi connectivity index (χ4n) is 4.77. The highest BCUT2D eigenvalue weighted by molar-refractivity contribution is 7.44. The lowest BCUT2D eigenvalue weighted by molar-refractivity contribution is 0.137. The Morgan fingerprint density at radius 2 is 1.41 bits per heavy atom. The molecule has 0 heterocycles. The summed E-state index contributed by atoms with van der Waals surface area (Å²) in [5.41, 5.74) is 5.92. The molecule has 1 N–H and O–H groups in total. The SMILES string of the molecule is CC(C)N(C(C)C)P(OCCNC(=O)OCC1c2ccccc2-c2ccccc21)OCc1ccccc1. The molecule has 0 fully saturated rings. The van der Waals surface area contributed by atoms with Gasteiger partial charge in [0.1, 0.15) is 6.61 Å². The van der Waals surface area contributed by atoms with Crippen LogP contribution in [0.25, 0.3) is 11.1 Å². The fourth-order valence-corrected chi connectivity index (χ4v) is 6.38. The van der Waals surface area contributed by atoms with Gasteiger partial charge in [0.25, 0.3) is 8.53 Å². The third-order valence-electron chi connectivity index (χ3n) is 6.35. The van der Waals surface area contributed by atoms with Gasteiger partial charge in [0.2, 0.25) is 0 Å². The molecule has 0 saturated carbocycles. The van der Waals surface area contributed by atoms with Gasteiger partial charge in [0.05, 0.1) is 13.2 Å². The minimum Gasteiger partial charge on any atom is -0.449 e. The van der Waals surface area contributed by atoms with Gasteiger partial charge in [-0.1, -0.05) is 78.9 Å².